The topological polar surface area (TPSA) is 50.6 Å². The summed E-state index contributed by atoms with van der Waals surface area (Å²) in [7, 11) is 0. The summed E-state index contributed by atoms with van der Waals surface area (Å²) in [5.74, 6) is 0.0370. The maximum Gasteiger partial charge on any atom is 0.274 e. The van der Waals surface area contributed by atoms with Crippen molar-refractivity contribution < 1.29 is 9.53 Å². The van der Waals surface area contributed by atoms with Gasteiger partial charge in [-0.3, -0.25) is 14.4 Å². The van der Waals surface area contributed by atoms with Crippen LogP contribution in [0.1, 0.15) is 36.5 Å². The number of nitrogens with zero attached hydrogens (tertiary/aromatic N) is 4. The largest absolute Gasteiger partial charge is 0.378 e. The molecular weight excluding hydrogens is 268 g/mol. The zero-order chi connectivity index (χ0) is 14.8. The van der Waals surface area contributed by atoms with Crippen LogP contribution >= 0.6 is 0 Å². The van der Waals surface area contributed by atoms with Crippen LogP contribution in [0.25, 0.3) is 0 Å². The van der Waals surface area contributed by atoms with Gasteiger partial charge in [0.2, 0.25) is 0 Å². The molecule has 0 aliphatic carbocycles. The molecule has 2 aliphatic heterocycles. The van der Waals surface area contributed by atoms with Crippen molar-refractivity contribution in [2.24, 2.45) is 0 Å². The van der Waals surface area contributed by atoms with E-state index in [1.807, 2.05) is 15.6 Å². The molecule has 1 amide bonds. The summed E-state index contributed by atoms with van der Waals surface area (Å²) in [5.41, 5.74) is 1.73. The van der Waals surface area contributed by atoms with Gasteiger partial charge in [-0.15, -0.1) is 0 Å². The molecule has 3 heterocycles. The molecular formula is C15H24N4O2. The van der Waals surface area contributed by atoms with Crippen LogP contribution in [0.3, 0.4) is 0 Å². The summed E-state index contributed by atoms with van der Waals surface area (Å²) in [4.78, 5) is 16.8. The van der Waals surface area contributed by atoms with Gasteiger partial charge in [-0.25, -0.2) is 0 Å². The van der Waals surface area contributed by atoms with Gasteiger partial charge in [-0.1, -0.05) is 0 Å². The second kappa shape index (κ2) is 6.15. The van der Waals surface area contributed by atoms with E-state index in [1.165, 1.54) is 0 Å². The maximum absolute atomic E-state index is 12.5. The predicted octanol–water partition coefficient (Wildman–Crippen LogP) is 0.970. The Morgan fingerprint density at radius 1 is 1.24 bits per heavy atom. The zero-order valence-electron chi connectivity index (χ0n) is 12.9. The van der Waals surface area contributed by atoms with Gasteiger partial charge < -0.3 is 9.64 Å². The average Bonchev–Trinajstić information content (AvgIpc) is 2.79. The summed E-state index contributed by atoms with van der Waals surface area (Å²) < 4.78 is 7.31. The Kier molecular flexibility index (Phi) is 4.26. The molecule has 2 aliphatic rings. The molecule has 0 spiro atoms. The molecule has 0 saturated carbocycles. The van der Waals surface area contributed by atoms with Crippen molar-refractivity contribution in [3.63, 3.8) is 0 Å². The highest BCUT2D eigenvalue weighted by Crippen LogP contribution is 2.17. The minimum absolute atomic E-state index is 0.0370. The fourth-order valence-corrected chi connectivity index (χ4v) is 2.96. The van der Waals surface area contributed by atoms with E-state index < -0.39 is 0 Å². The van der Waals surface area contributed by atoms with Crippen LogP contribution in [-0.2, 0) is 17.8 Å². The first-order chi connectivity index (χ1) is 10.1. The summed E-state index contributed by atoms with van der Waals surface area (Å²) in [6, 6.07) is 2.49. The van der Waals surface area contributed by atoms with E-state index in [4.69, 9.17) is 4.74 Å². The van der Waals surface area contributed by atoms with E-state index in [0.717, 1.165) is 31.7 Å². The van der Waals surface area contributed by atoms with Gasteiger partial charge in [0.1, 0.15) is 0 Å². The molecule has 0 bridgehead atoms. The summed E-state index contributed by atoms with van der Waals surface area (Å²) in [5, 5.41) is 4.54. The highest BCUT2D eigenvalue weighted by Gasteiger charge is 2.24. The van der Waals surface area contributed by atoms with Gasteiger partial charge in [-0.2, -0.15) is 5.10 Å². The highest BCUT2D eigenvalue weighted by atomic mass is 16.5. The number of aromatic nitrogens is 2. The smallest absolute Gasteiger partial charge is 0.274 e. The van der Waals surface area contributed by atoms with Gasteiger partial charge in [0, 0.05) is 38.8 Å². The van der Waals surface area contributed by atoms with Crippen LogP contribution < -0.4 is 0 Å². The van der Waals surface area contributed by atoms with E-state index in [9.17, 15) is 4.79 Å². The standard InChI is InChI=1S/C15H24N4O2/c1-12(2)18-4-3-5-19-13(11-18)10-14(16-19)15(20)17-6-8-21-9-7-17/h10,12H,3-9,11H2,1-2H3. The molecule has 0 aromatic carbocycles. The first-order valence-corrected chi connectivity index (χ1v) is 7.83. The third-order valence-corrected chi connectivity index (χ3v) is 4.29. The normalized spacial score (nSPS) is 20.4. The minimum atomic E-state index is 0.0370. The van der Waals surface area contributed by atoms with Gasteiger partial charge in [0.05, 0.1) is 18.9 Å². The Hall–Kier alpha value is -1.40. The number of rotatable bonds is 2. The quantitative estimate of drug-likeness (QED) is 0.815. The van der Waals surface area contributed by atoms with E-state index in [1.54, 1.807) is 0 Å². The molecule has 1 aromatic heterocycles. The van der Waals surface area contributed by atoms with Crippen molar-refractivity contribution in [3.8, 4) is 0 Å². The third-order valence-electron chi connectivity index (χ3n) is 4.29. The van der Waals surface area contributed by atoms with Crippen molar-refractivity contribution >= 4 is 5.91 Å². The number of hydrogen-bond donors (Lipinski definition) is 0. The van der Waals surface area contributed by atoms with Gasteiger partial charge >= 0.3 is 0 Å². The number of aryl methyl sites for hydroxylation is 1. The number of carbonyl (C=O) groups is 1. The lowest BCUT2D eigenvalue weighted by molar-refractivity contribution is 0.0298. The Balaban J connectivity index is 1.77. The van der Waals surface area contributed by atoms with Crippen LogP contribution in [-0.4, -0.2) is 64.4 Å². The van der Waals surface area contributed by atoms with Crippen molar-refractivity contribution in [1.82, 2.24) is 19.6 Å². The molecule has 21 heavy (non-hydrogen) atoms. The number of hydrogen-bond acceptors (Lipinski definition) is 4. The number of carbonyl (C=O) groups excluding carboxylic acids is 1. The molecule has 0 atom stereocenters. The van der Waals surface area contributed by atoms with Crippen LogP contribution in [0, 0.1) is 0 Å². The van der Waals surface area contributed by atoms with Crippen LogP contribution in [0.15, 0.2) is 6.07 Å². The Morgan fingerprint density at radius 3 is 2.71 bits per heavy atom. The average molecular weight is 292 g/mol. The zero-order valence-corrected chi connectivity index (χ0v) is 12.9. The van der Waals surface area contributed by atoms with E-state index in [2.05, 4.69) is 23.8 Å². The van der Waals surface area contributed by atoms with Crippen LogP contribution in [0.2, 0.25) is 0 Å². The molecule has 1 aromatic rings. The number of amides is 1. The molecule has 6 heteroatoms. The van der Waals surface area contributed by atoms with Crippen LogP contribution in [0.5, 0.6) is 0 Å². The number of fused-ring (bicyclic) bond motifs is 1. The van der Waals surface area contributed by atoms with Gasteiger partial charge in [-0.05, 0) is 26.3 Å². The number of morpholine rings is 1. The van der Waals surface area contributed by atoms with Gasteiger partial charge in [0.25, 0.3) is 5.91 Å². The first kappa shape index (κ1) is 14.5. The SMILES string of the molecule is CC(C)N1CCCn2nc(C(=O)N3CCOCC3)cc2C1. The van der Waals surface area contributed by atoms with Crippen molar-refractivity contribution in [1.29, 1.82) is 0 Å². The second-order valence-corrected chi connectivity index (χ2v) is 6.07. The predicted molar refractivity (Wildman–Crippen MR) is 79.1 cm³/mol. The fourth-order valence-electron chi connectivity index (χ4n) is 2.96. The molecule has 3 rings (SSSR count). The van der Waals surface area contributed by atoms with E-state index in [-0.39, 0.29) is 5.91 Å². The number of ether oxygens (including phenoxy) is 1. The summed E-state index contributed by atoms with van der Waals surface area (Å²) in [6.07, 6.45) is 1.08. The van der Waals surface area contributed by atoms with E-state index >= 15 is 0 Å². The molecule has 0 radical (unpaired) electrons. The lowest BCUT2D eigenvalue weighted by atomic mass is 10.2. The molecule has 6 nitrogen and oxygen atoms in total. The third kappa shape index (κ3) is 3.11. The maximum atomic E-state index is 12.5. The monoisotopic (exact) mass is 292 g/mol. The molecule has 1 fully saturated rings. The first-order valence-electron chi connectivity index (χ1n) is 7.83. The lowest BCUT2D eigenvalue weighted by Crippen LogP contribution is -2.40. The highest BCUT2D eigenvalue weighted by molar-refractivity contribution is 5.92. The summed E-state index contributed by atoms with van der Waals surface area (Å²) >= 11 is 0. The minimum Gasteiger partial charge on any atom is -0.378 e. The molecule has 0 N–H and O–H groups in total. The Morgan fingerprint density at radius 2 is 2.00 bits per heavy atom. The van der Waals surface area contributed by atoms with Crippen molar-refractivity contribution in [2.75, 3.05) is 32.8 Å². The molecule has 116 valence electrons. The fraction of sp³-hybridized carbons (Fsp3) is 0.733. The Bertz CT molecular complexity index is 506. The van der Waals surface area contributed by atoms with Crippen LogP contribution in [0.4, 0.5) is 0 Å². The van der Waals surface area contributed by atoms with Crippen molar-refractivity contribution in [3.05, 3.63) is 17.5 Å². The summed E-state index contributed by atoms with van der Waals surface area (Å²) in [6.45, 7) is 9.88. The molecule has 0 unspecified atom stereocenters. The van der Waals surface area contributed by atoms with E-state index in [0.29, 0.717) is 38.0 Å². The van der Waals surface area contributed by atoms with Gasteiger partial charge in [0.15, 0.2) is 5.69 Å². The molecule has 1 saturated heterocycles. The Labute approximate surface area is 125 Å². The second-order valence-electron chi connectivity index (χ2n) is 6.07. The lowest BCUT2D eigenvalue weighted by Gasteiger charge is -2.26. The van der Waals surface area contributed by atoms with Crippen molar-refractivity contribution in [2.45, 2.75) is 39.4 Å².